The molecule has 0 saturated carbocycles. The molecule has 0 aliphatic carbocycles. The molecule has 0 aromatic heterocycles. The fourth-order valence-electron chi connectivity index (χ4n) is 1.68. The second kappa shape index (κ2) is 5.18. The largest absolute Gasteiger partial charge is 0.490 e. The SMILES string of the molecule is OCCC(O)c1ccc2c(c1)OCCCO2. The highest BCUT2D eigenvalue weighted by molar-refractivity contribution is 5.44. The van der Waals surface area contributed by atoms with Gasteiger partial charge in [-0.15, -0.1) is 0 Å². The standard InChI is InChI=1S/C12H16O4/c13-5-4-10(14)9-2-3-11-12(8-9)16-7-1-6-15-11/h2-3,8,10,13-14H,1,4-7H2. The third kappa shape index (κ3) is 2.46. The Hall–Kier alpha value is -1.26. The maximum absolute atomic E-state index is 9.74. The Morgan fingerprint density at radius 2 is 1.94 bits per heavy atom. The quantitative estimate of drug-likeness (QED) is 0.811. The van der Waals surface area contributed by atoms with Gasteiger partial charge in [-0.1, -0.05) is 6.07 Å². The molecular weight excluding hydrogens is 208 g/mol. The molecule has 0 radical (unpaired) electrons. The molecule has 0 spiro atoms. The van der Waals surface area contributed by atoms with E-state index >= 15 is 0 Å². The van der Waals surface area contributed by atoms with Crippen LogP contribution in [0.2, 0.25) is 0 Å². The van der Waals surface area contributed by atoms with Crippen molar-refractivity contribution in [3.05, 3.63) is 23.8 Å². The van der Waals surface area contributed by atoms with Gasteiger partial charge in [0, 0.05) is 19.4 Å². The molecule has 1 unspecified atom stereocenters. The third-order valence-electron chi connectivity index (χ3n) is 2.56. The fraction of sp³-hybridized carbons (Fsp3) is 0.500. The van der Waals surface area contributed by atoms with E-state index in [2.05, 4.69) is 0 Å². The molecule has 1 aromatic carbocycles. The number of hydrogen-bond donors (Lipinski definition) is 2. The minimum absolute atomic E-state index is 0.0321. The lowest BCUT2D eigenvalue weighted by atomic mass is 10.1. The van der Waals surface area contributed by atoms with E-state index < -0.39 is 6.10 Å². The molecule has 4 heteroatoms. The summed E-state index contributed by atoms with van der Waals surface area (Å²) in [5, 5.41) is 18.5. The summed E-state index contributed by atoms with van der Waals surface area (Å²) in [6.07, 6.45) is 0.546. The van der Waals surface area contributed by atoms with Crippen molar-refractivity contribution >= 4 is 0 Å². The van der Waals surface area contributed by atoms with Gasteiger partial charge in [-0.3, -0.25) is 0 Å². The third-order valence-corrected chi connectivity index (χ3v) is 2.56. The van der Waals surface area contributed by atoms with E-state index in [4.69, 9.17) is 14.6 Å². The first-order chi connectivity index (χ1) is 7.81. The molecule has 16 heavy (non-hydrogen) atoms. The van der Waals surface area contributed by atoms with Crippen LogP contribution in [0.3, 0.4) is 0 Å². The molecule has 1 aliphatic rings. The topological polar surface area (TPSA) is 58.9 Å². The van der Waals surface area contributed by atoms with Crippen molar-refractivity contribution in [2.24, 2.45) is 0 Å². The molecule has 88 valence electrons. The van der Waals surface area contributed by atoms with Crippen LogP contribution in [0, 0.1) is 0 Å². The Kier molecular flexibility index (Phi) is 3.64. The van der Waals surface area contributed by atoms with E-state index in [9.17, 15) is 5.11 Å². The molecule has 2 rings (SSSR count). The van der Waals surface area contributed by atoms with Crippen molar-refractivity contribution < 1.29 is 19.7 Å². The Morgan fingerprint density at radius 3 is 2.69 bits per heavy atom. The molecule has 4 nitrogen and oxygen atoms in total. The minimum atomic E-state index is -0.651. The van der Waals surface area contributed by atoms with E-state index in [1.165, 1.54) is 0 Å². The molecule has 2 N–H and O–H groups in total. The summed E-state index contributed by atoms with van der Waals surface area (Å²) in [6, 6.07) is 5.38. The lowest BCUT2D eigenvalue weighted by Gasteiger charge is -2.13. The van der Waals surface area contributed by atoms with Crippen LogP contribution in [-0.4, -0.2) is 30.0 Å². The monoisotopic (exact) mass is 224 g/mol. The highest BCUT2D eigenvalue weighted by Crippen LogP contribution is 2.32. The van der Waals surface area contributed by atoms with Crippen LogP contribution in [0.1, 0.15) is 24.5 Å². The van der Waals surface area contributed by atoms with Gasteiger partial charge >= 0.3 is 0 Å². The Balaban J connectivity index is 2.20. The van der Waals surface area contributed by atoms with E-state index in [1.54, 1.807) is 18.2 Å². The molecule has 0 bridgehead atoms. The van der Waals surface area contributed by atoms with Crippen LogP contribution in [-0.2, 0) is 0 Å². The second-order valence-corrected chi connectivity index (χ2v) is 3.78. The Bertz CT molecular complexity index is 351. The van der Waals surface area contributed by atoms with E-state index in [-0.39, 0.29) is 6.61 Å². The highest BCUT2D eigenvalue weighted by Gasteiger charge is 2.14. The minimum Gasteiger partial charge on any atom is -0.490 e. The van der Waals surface area contributed by atoms with Gasteiger partial charge in [0.2, 0.25) is 0 Å². The Morgan fingerprint density at radius 1 is 1.19 bits per heavy atom. The van der Waals surface area contributed by atoms with E-state index in [0.29, 0.717) is 25.4 Å². The number of hydrogen-bond acceptors (Lipinski definition) is 4. The van der Waals surface area contributed by atoms with Gasteiger partial charge in [-0.25, -0.2) is 0 Å². The summed E-state index contributed by atoms with van der Waals surface area (Å²) in [6.45, 7) is 1.26. The zero-order valence-corrected chi connectivity index (χ0v) is 9.06. The van der Waals surface area contributed by atoms with Gasteiger partial charge in [0.25, 0.3) is 0 Å². The van der Waals surface area contributed by atoms with Crippen LogP contribution >= 0.6 is 0 Å². The number of ether oxygens (including phenoxy) is 2. The zero-order chi connectivity index (χ0) is 11.4. The molecule has 1 aromatic rings. The summed E-state index contributed by atoms with van der Waals surface area (Å²) in [5.74, 6) is 1.39. The predicted octanol–water partition coefficient (Wildman–Crippen LogP) is 1.26. The lowest BCUT2D eigenvalue weighted by Crippen LogP contribution is -2.01. The fourth-order valence-corrected chi connectivity index (χ4v) is 1.68. The lowest BCUT2D eigenvalue weighted by molar-refractivity contribution is 0.134. The number of rotatable bonds is 3. The van der Waals surface area contributed by atoms with Crippen molar-refractivity contribution in [3.63, 3.8) is 0 Å². The van der Waals surface area contributed by atoms with Crippen molar-refractivity contribution in [2.45, 2.75) is 18.9 Å². The van der Waals surface area contributed by atoms with Gasteiger partial charge in [-0.2, -0.15) is 0 Å². The summed E-state index contributed by atoms with van der Waals surface area (Å²) in [5.41, 5.74) is 0.748. The van der Waals surface area contributed by atoms with Gasteiger partial charge in [-0.05, 0) is 17.7 Å². The number of benzene rings is 1. The summed E-state index contributed by atoms with van der Waals surface area (Å²) < 4.78 is 11.0. The van der Waals surface area contributed by atoms with E-state index in [1.807, 2.05) is 0 Å². The number of aliphatic hydroxyl groups is 2. The summed E-state index contributed by atoms with van der Waals surface area (Å²) in [7, 11) is 0. The first-order valence-corrected chi connectivity index (χ1v) is 5.49. The molecular formula is C12H16O4. The molecule has 1 heterocycles. The summed E-state index contributed by atoms with van der Waals surface area (Å²) in [4.78, 5) is 0. The van der Waals surface area contributed by atoms with Gasteiger partial charge < -0.3 is 19.7 Å². The predicted molar refractivity (Wildman–Crippen MR) is 58.7 cm³/mol. The Labute approximate surface area is 94.4 Å². The normalized spacial score (nSPS) is 16.6. The maximum Gasteiger partial charge on any atom is 0.161 e. The molecule has 0 amide bonds. The van der Waals surface area contributed by atoms with Gasteiger partial charge in [0.05, 0.1) is 19.3 Å². The molecule has 1 atom stereocenters. The average Bonchev–Trinajstić information content (AvgIpc) is 2.53. The van der Waals surface area contributed by atoms with Crippen molar-refractivity contribution in [2.75, 3.05) is 19.8 Å². The number of aliphatic hydroxyl groups excluding tert-OH is 2. The first-order valence-electron chi connectivity index (χ1n) is 5.49. The van der Waals surface area contributed by atoms with Crippen LogP contribution in [0.15, 0.2) is 18.2 Å². The van der Waals surface area contributed by atoms with Gasteiger partial charge in [0.15, 0.2) is 11.5 Å². The second-order valence-electron chi connectivity index (χ2n) is 3.78. The summed E-state index contributed by atoms with van der Waals surface area (Å²) >= 11 is 0. The van der Waals surface area contributed by atoms with Gasteiger partial charge in [0.1, 0.15) is 0 Å². The van der Waals surface area contributed by atoms with Crippen LogP contribution in [0.25, 0.3) is 0 Å². The van der Waals surface area contributed by atoms with Crippen LogP contribution < -0.4 is 9.47 Å². The number of fused-ring (bicyclic) bond motifs is 1. The molecule has 0 fully saturated rings. The zero-order valence-electron chi connectivity index (χ0n) is 9.06. The van der Waals surface area contributed by atoms with Crippen molar-refractivity contribution in [3.8, 4) is 11.5 Å². The highest BCUT2D eigenvalue weighted by atomic mass is 16.5. The van der Waals surface area contributed by atoms with Crippen LogP contribution in [0.5, 0.6) is 11.5 Å². The average molecular weight is 224 g/mol. The van der Waals surface area contributed by atoms with Crippen LogP contribution in [0.4, 0.5) is 0 Å². The molecule has 1 aliphatic heterocycles. The van der Waals surface area contributed by atoms with Crippen molar-refractivity contribution in [1.29, 1.82) is 0 Å². The molecule has 0 saturated heterocycles. The first kappa shape index (κ1) is 11.2. The smallest absolute Gasteiger partial charge is 0.161 e. The van der Waals surface area contributed by atoms with Crippen molar-refractivity contribution in [1.82, 2.24) is 0 Å². The maximum atomic E-state index is 9.74. The van der Waals surface area contributed by atoms with E-state index in [0.717, 1.165) is 17.7 Å².